The predicted molar refractivity (Wildman–Crippen MR) is 83.2 cm³/mol. The molecule has 114 valence electrons. The molecule has 2 amide bonds. The van der Waals surface area contributed by atoms with E-state index in [1.807, 2.05) is 6.07 Å². The molecule has 1 atom stereocenters. The largest absolute Gasteiger partial charge is 0.348 e. The molecule has 0 bridgehead atoms. The fourth-order valence-electron chi connectivity index (χ4n) is 2.58. The Hall–Kier alpha value is -1.88. The van der Waals surface area contributed by atoms with E-state index >= 15 is 0 Å². The molecule has 0 spiro atoms. The number of fused-ring (bicyclic) bond motifs is 1. The van der Waals surface area contributed by atoms with Gasteiger partial charge >= 0.3 is 0 Å². The van der Waals surface area contributed by atoms with E-state index in [1.54, 1.807) is 12.1 Å². The molecule has 1 unspecified atom stereocenters. The van der Waals surface area contributed by atoms with Crippen LogP contribution in [0.1, 0.15) is 42.6 Å². The molecule has 1 aliphatic heterocycles. The maximum atomic E-state index is 12.3. The van der Waals surface area contributed by atoms with Gasteiger partial charge in [0.05, 0.1) is 0 Å². The van der Waals surface area contributed by atoms with E-state index in [0.29, 0.717) is 30.9 Å². The Labute approximate surface area is 125 Å². The lowest BCUT2D eigenvalue weighted by Crippen LogP contribution is -2.41. The maximum Gasteiger partial charge on any atom is 0.251 e. The number of carbonyl (C=O) groups excluding carboxylic acids is 2. The molecular weight excluding hydrogens is 266 g/mol. The molecule has 2 rings (SSSR count). The third kappa shape index (κ3) is 4.04. The maximum absolute atomic E-state index is 12.3. The molecular formula is C16H23N3O2. The number of nitrogens with one attached hydrogen (secondary N) is 2. The lowest BCUT2D eigenvalue weighted by molar-refractivity contribution is -0.116. The van der Waals surface area contributed by atoms with Crippen LogP contribution in [0.4, 0.5) is 5.69 Å². The van der Waals surface area contributed by atoms with E-state index in [1.165, 1.54) is 0 Å². The van der Waals surface area contributed by atoms with Crippen LogP contribution in [-0.4, -0.2) is 24.4 Å². The normalized spacial score (nSPS) is 15.3. The molecule has 0 saturated carbocycles. The first-order valence-electron chi connectivity index (χ1n) is 7.43. The van der Waals surface area contributed by atoms with Crippen LogP contribution in [0.25, 0.3) is 0 Å². The van der Waals surface area contributed by atoms with Crippen molar-refractivity contribution in [2.45, 2.75) is 39.2 Å². The van der Waals surface area contributed by atoms with Gasteiger partial charge < -0.3 is 16.4 Å². The second-order valence-corrected chi connectivity index (χ2v) is 5.96. The van der Waals surface area contributed by atoms with Crippen LogP contribution in [0.5, 0.6) is 0 Å². The fourth-order valence-corrected chi connectivity index (χ4v) is 2.58. The first kappa shape index (κ1) is 15.5. The Bertz CT molecular complexity index is 540. The van der Waals surface area contributed by atoms with Gasteiger partial charge in [-0.05, 0) is 42.5 Å². The highest BCUT2D eigenvalue weighted by molar-refractivity contribution is 5.98. The van der Waals surface area contributed by atoms with Gasteiger partial charge in [0.15, 0.2) is 0 Å². The summed E-state index contributed by atoms with van der Waals surface area (Å²) in [6.07, 6.45) is 2.01. The number of anilines is 1. The van der Waals surface area contributed by atoms with Crippen molar-refractivity contribution in [3.05, 3.63) is 29.3 Å². The summed E-state index contributed by atoms with van der Waals surface area (Å²) in [5.41, 5.74) is 8.14. The summed E-state index contributed by atoms with van der Waals surface area (Å²) >= 11 is 0. The summed E-state index contributed by atoms with van der Waals surface area (Å²) in [5, 5.41) is 5.79. The third-order valence-corrected chi connectivity index (χ3v) is 3.64. The van der Waals surface area contributed by atoms with E-state index in [0.717, 1.165) is 17.7 Å². The van der Waals surface area contributed by atoms with Crippen molar-refractivity contribution in [3.63, 3.8) is 0 Å². The van der Waals surface area contributed by atoms with Crippen LogP contribution in [0.15, 0.2) is 18.2 Å². The minimum atomic E-state index is -0.106. The van der Waals surface area contributed by atoms with Crippen molar-refractivity contribution >= 4 is 17.5 Å². The van der Waals surface area contributed by atoms with Gasteiger partial charge in [0.2, 0.25) is 5.91 Å². The number of rotatable bonds is 5. The highest BCUT2D eigenvalue weighted by Crippen LogP contribution is 2.23. The topological polar surface area (TPSA) is 84.2 Å². The minimum Gasteiger partial charge on any atom is -0.348 e. The van der Waals surface area contributed by atoms with E-state index in [-0.39, 0.29) is 17.9 Å². The number of nitrogens with two attached hydrogens (primary N) is 1. The lowest BCUT2D eigenvalue weighted by atomic mass is 9.99. The van der Waals surface area contributed by atoms with Crippen molar-refractivity contribution in [2.75, 3.05) is 11.9 Å². The molecule has 5 nitrogen and oxygen atoms in total. The van der Waals surface area contributed by atoms with Crippen molar-refractivity contribution in [3.8, 4) is 0 Å². The standard InChI is InChI=1S/C16H23N3O2/c1-10(2)7-13(9-17)18-16(21)12-3-5-14-11(8-12)4-6-15(20)19-14/h3,5,8,10,13H,4,6-7,9,17H2,1-2H3,(H,18,21)(H,19,20). The first-order chi connectivity index (χ1) is 9.99. The highest BCUT2D eigenvalue weighted by atomic mass is 16.2. The molecule has 1 aromatic carbocycles. The van der Waals surface area contributed by atoms with Crippen molar-refractivity contribution in [1.82, 2.24) is 5.32 Å². The van der Waals surface area contributed by atoms with Gasteiger partial charge in [-0.15, -0.1) is 0 Å². The molecule has 1 aromatic rings. The fraction of sp³-hybridized carbons (Fsp3) is 0.500. The Morgan fingerprint density at radius 1 is 1.38 bits per heavy atom. The summed E-state index contributed by atoms with van der Waals surface area (Å²) in [5.74, 6) is 0.406. The highest BCUT2D eigenvalue weighted by Gasteiger charge is 2.18. The summed E-state index contributed by atoms with van der Waals surface area (Å²) < 4.78 is 0. The number of benzene rings is 1. The quantitative estimate of drug-likeness (QED) is 0.771. The zero-order chi connectivity index (χ0) is 15.4. The van der Waals surface area contributed by atoms with Crippen molar-refractivity contribution in [1.29, 1.82) is 0 Å². The summed E-state index contributed by atoms with van der Waals surface area (Å²) in [4.78, 5) is 23.6. The molecule has 21 heavy (non-hydrogen) atoms. The van der Waals surface area contributed by atoms with E-state index in [9.17, 15) is 9.59 Å². The van der Waals surface area contributed by atoms with Crippen molar-refractivity contribution < 1.29 is 9.59 Å². The van der Waals surface area contributed by atoms with Gasteiger partial charge in [0, 0.05) is 30.3 Å². The van der Waals surface area contributed by atoms with Crippen LogP contribution in [-0.2, 0) is 11.2 Å². The van der Waals surface area contributed by atoms with Gasteiger partial charge in [-0.2, -0.15) is 0 Å². The Kier molecular flexibility index (Phi) is 4.96. The zero-order valence-corrected chi connectivity index (χ0v) is 12.6. The average Bonchev–Trinajstić information content (AvgIpc) is 2.45. The van der Waals surface area contributed by atoms with Crippen LogP contribution in [0, 0.1) is 5.92 Å². The summed E-state index contributed by atoms with van der Waals surface area (Å²) in [6, 6.07) is 5.38. The molecule has 5 heteroatoms. The Morgan fingerprint density at radius 2 is 2.14 bits per heavy atom. The Morgan fingerprint density at radius 3 is 2.81 bits per heavy atom. The van der Waals surface area contributed by atoms with Crippen LogP contribution in [0.3, 0.4) is 0 Å². The van der Waals surface area contributed by atoms with E-state index in [4.69, 9.17) is 5.73 Å². The van der Waals surface area contributed by atoms with Crippen LogP contribution >= 0.6 is 0 Å². The molecule has 4 N–H and O–H groups in total. The summed E-state index contributed by atoms with van der Waals surface area (Å²) in [7, 11) is 0. The van der Waals surface area contributed by atoms with Gasteiger partial charge in [-0.1, -0.05) is 13.8 Å². The Balaban J connectivity index is 2.07. The number of amides is 2. The SMILES string of the molecule is CC(C)CC(CN)NC(=O)c1ccc2c(c1)CCC(=O)N2. The third-order valence-electron chi connectivity index (χ3n) is 3.64. The second-order valence-electron chi connectivity index (χ2n) is 5.96. The molecule has 0 aliphatic carbocycles. The molecule has 0 radical (unpaired) electrons. The zero-order valence-electron chi connectivity index (χ0n) is 12.6. The van der Waals surface area contributed by atoms with Gasteiger partial charge in [0.25, 0.3) is 5.91 Å². The molecule has 1 heterocycles. The molecule has 1 aliphatic rings. The van der Waals surface area contributed by atoms with E-state index < -0.39 is 0 Å². The smallest absolute Gasteiger partial charge is 0.251 e. The second kappa shape index (κ2) is 6.72. The van der Waals surface area contributed by atoms with Gasteiger partial charge in [0.1, 0.15) is 0 Å². The molecule has 0 saturated heterocycles. The lowest BCUT2D eigenvalue weighted by Gasteiger charge is -2.20. The van der Waals surface area contributed by atoms with Crippen LogP contribution in [0.2, 0.25) is 0 Å². The minimum absolute atomic E-state index is 0.00626. The number of hydrogen-bond donors (Lipinski definition) is 3. The van der Waals surface area contributed by atoms with Gasteiger partial charge in [-0.25, -0.2) is 0 Å². The van der Waals surface area contributed by atoms with Gasteiger partial charge in [-0.3, -0.25) is 9.59 Å². The number of aryl methyl sites for hydroxylation is 1. The average molecular weight is 289 g/mol. The number of hydrogen-bond acceptors (Lipinski definition) is 3. The predicted octanol–water partition coefficient (Wildman–Crippen LogP) is 1.67. The van der Waals surface area contributed by atoms with E-state index in [2.05, 4.69) is 24.5 Å². The number of carbonyl (C=O) groups is 2. The van der Waals surface area contributed by atoms with Crippen LogP contribution < -0.4 is 16.4 Å². The summed E-state index contributed by atoms with van der Waals surface area (Å²) in [6.45, 7) is 4.65. The monoisotopic (exact) mass is 289 g/mol. The molecule has 0 aromatic heterocycles. The van der Waals surface area contributed by atoms with Crippen molar-refractivity contribution in [2.24, 2.45) is 11.7 Å². The first-order valence-corrected chi connectivity index (χ1v) is 7.43. The molecule has 0 fully saturated rings.